The standard InChI is InChI=1S/C18H16ClN3OS2/c1-11(16(23)12-4-6-13(19)7-5-12)25-18-21-20-17(15-3-2-10-24-15)22(18)14-8-9-14/h2-7,10-11,14H,8-9H2,1H3. The lowest BCUT2D eigenvalue weighted by molar-refractivity contribution is 0.0994. The molecule has 3 aromatic rings. The molecule has 7 heteroatoms. The summed E-state index contributed by atoms with van der Waals surface area (Å²) in [5.41, 5.74) is 0.667. The van der Waals surface area contributed by atoms with E-state index in [0.717, 1.165) is 28.7 Å². The van der Waals surface area contributed by atoms with Crippen molar-refractivity contribution in [3.63, 3.8) is 0 Å². The Labute approximate surface area is 159 Å². The van der Waals surface area contributed by atoms with Gasteiger partial charge in [0.05, 0.1) is 10.1 Å². The highest BCUT2D eigenvalue weighted by molar-refractivity contribution is 8.00. The summed E-state index contributed by atoms with van der Waals surface area (Å²) in [6.45, 7) is 1.92. The van der Waals surface area contributed by atoms with Gasteiger partial charge in [-0.2, -0.15) is 0 Å². The first-order chi connectivity index (χ1) is 12.1. The Morgan fingerprint density at radius 3 is 2.68 bits per heavy atom. The van der Waals surface area contributed by atoms with E-state index < -0.39 is 0 Å². The normalized spacial score (nSPS) is 15.3. The first-order valence-electron chi connectivity index (χ1n) is 8.08. The highest BCUT2D eigenvalue weighted by Crippen LogP contribution is 2.42. The number of ketones is 1. The third-order valence-electron chi connectivity index (χ3n) is 4.10. The second-order valence-electron chi connectivity index (χ2n) is 6.02. The van der Waals surface area contributed by atoms with Crippen molar-refractivity contribution in [1.82, 2.24) is 14.8 Å². The van der Waals surface area contributed by atoms with Gasteiger partial charge in [-0.15, -0.1) is 21.5 Å². The molecule has 1 fully saturated rings. The zero-order valence-electron chi connectivity index (χ0n) is 13.6. The summed E-state index contributed by atoms with van der Waals surface area (Å²) >= 11 is 9.04. The van der Waals surface area contributed by atoms with E-state index in [1.54, 1.807) is 35.6 Å². The number of rotatable bonds is 6. The van der Waals surface area contributed by atoms with Gasteiger partial charge in [0.1, 0.15) is 0 Å². The fourth-order valence-electron chi connectivity index (χ4n) is 2.65. The van der Waals surface area contributed by atoms with E-state index in [1.807, 2.05) is 18.4 Å². The summed E-state index contributed by atoms with van der Waals surface area (Å²) in [7, 11) is 0. The SMILES string of the molecule is CC(Sc1nnc(-c2cccs2)n1C1CC1)C(=O)c1ccc(Cl)cc1. The summed E-state index contributed by atoms with van der Waals surface area (Å²) in [5, 5.41) is 12.0. The van der Waals surface area contributed by atoms with Crippen molar-refractivity contribution in [3.05, 3.63) is 52.4 Å². The predicted octanol–water partition coefficient (Wildman–Crippen LogP) is 5.36. The van der Waals surface area contributed by atoms with Crippen molar-refractivity contribution in [2.75, 3.05) is 0 Å². The van der Waals surface area contributed by atoms with Crippen LogP contribution < -0.4 is 0 Å². The lowest BCUT2D eigenvalue weighted by Crippen LogP contribution is -2.14. The molecular formula is C18H16ClN3OS2. The van der Waals surface area contributed by atoms with E-state index in [9.17, 15) is 4.79 Å². The Hall–Kier alpha value is -1.63. The zero-order chi connectivity index (χ0) is 17.4. The van der Waals surface area contributed by atoms with Crippen LogP contribution in [-0.4, -0.2) is 25.8 Å². The average Bonchev–Trinajstić information content (AvgIpc) is 3.14. The highest BCUT2D eigenvalue weighted by Gasteiger charge is 2.31. The van der Waals surface area contributed by atoms with Crippen molar-refractivity contribution in [1.29, 1.82) is 0 Å². The number of hydrogen-bond acceptors (Lipinski definition) is 5. The molecule has 1 aromatic carbocycles. The molecule has 25 heavy (non-hydrogen) atoms. The van der Waals surface area contributed by atoms with Gasteiger partial charge in [0.2, 0.25) is 0 Å². The first-order valence-corrected chi connectivity index (χ1v) is 10.2. The number of aromatic nitrogens is 3. The van der Waals surface area contributed by atoms with Gasteiger partial charge in [0, 0.05) is 16.6 Å². The third-order valence-corrected chi connectivity index (χ3v) is 6.27. The molecule has 1 unspecified atom stereocenters. The van der Waals surface area contributed by atoms with Crippen LogP contribution in [0.5, 0.6) is 0 Å². The molecule has 1 saturated carbocycles. The Balaban J connectivity index is 1.58. The average molecular weight is 390 g/mol. The summed E-state index contributed by atoms with van der Waals surface area (Å²) < 4.78 is 2.20. The van der Waals surface area contributed by atoms with Crippen LogP contribution in [0.4, 0.5) is 0 Å². The van der Waals surface area contributed by atoms with Gasteiger partial charge in [0.25, 0.3) is 0 Å². The van der Waals surface area contributed by atoms with Gasteiger partial charge in [-0.25, -0.2) is 0 Å². The molecule has 0 spiro atoms. The van der Waals surface area contributed by atoms with Crippen LogP contribution in [0.25, 0.3) is 10.7 Å². The second-order valence-corrected chi connectivity index (χ2v) is 8.71. The topological polar surface area (TPSA) is 47.8 Å². The molecule has 4 rings (SSSR count). The highest BCUT2D eigenvalue weighted by atomic mass is 35.5. The van der Waals surface area contributed by atoms with Crippen molar-refractivity contribution >= 4 is 40.5 Å². The molecule has 0 aliphatic heterocycles. The Bertz CT molecular complexity index is 886. The summed E-state index contributed by atoms with van der Waals surface area (Å²) in [6.07, 6.45) is 2.28. The molecule has 0 N–H and O–H groups in total. The number of Topliss-reactive ketones (excluding diaryl/α,β-unsaturated/α-hetero) is 1. The molecule has 1 atom stereocenters. The summed E-state index contributed by atoms with van der Waals surface area (Å²) in [4.78, 5) is 13.8. The number of thioether (sulfide) groups is 1. The lowest BCUT2D eigenvalue weighted by Gasteiger charge is -2.12. The summed E-state index contributed by atoms with van der Waals surface area (Å²) in [5.74, 6) is 0.982. The van der Waals surface area contributed by atoms with Crippen LogP contribution in [-0.2, 0) is 0 Å². The minimum Gasteiger partial charge on any atom is -0.298 e. The molecule has 0 saturated heterocycles. The smallest absolute Gasteiger partial charge is 0.192 e. The number of thiophene rings is 1. The number of nitrogens with zero attached hydrogens (tertiary/aromatic N) is 3. The van der Waals surface area contributed by atoms with Crippen LogP contribution in [0, 0.1) is 0 Å². The van der Waals surface area contributed by atoms with Gasteiger partial charge < -0.3 is 0 Å². The lowest BCUT2D eigenvalue weighted by atomic mass is 10.1. The van der Waals surface area contributed by atoms with Crippen LogP contribution in [0.3, 0.4) is 0 Å². The first kappa shape index (κ1) is 16.8. The van der Waals surface area contributed by atoms with Crippen LogP contribution in [0.1, 0.15) is 36.2 Å². The maximum atomic E-state index is 12.7. The van der Waals surface area contributed by atoms with Crippen LogP contribution in [0.15, 0.2) is 46.9 Å². The fraction of sp³-hybridized carbons (Fsp3) is 0.278. The van der Waals surface area contributed by atoms with Gasteiger partial charge in [-0.3, -0.25) is 9.36 Å². The number of carbonyl (C=O) groups excluding carboxylic acids is 1. The van der Waals surface area contributed by atoms with E-state index in [1.165, 1.54) is 11.8 Å². The van der Waals surface area contributed by atoms with Crippen molar-refractivity contribution in [2.45, 2.75) is 36.2 Å². The molecular weight excluding hydrogens is 374 g/mol. The predicted molar refractivity (Wildman–Crippen MR) is 103 cm³/mol. The van der Waals surface area contributed by atoms with Crippen LogP contribution in [0.2, 0.25) is 5.02 Å². The van der Waals surface area contributed by atoms with E-state index in [0.29, 0.717) is 16.6 Å². The monoisotopic (exact) mass is 389 g/mol. The second kappa shape index (κ2) is 6.94. The molecule has 1 aliphatic rings. The van der Waals surface area contributed by atoms with Gasteiger partial charge in [-0.1, -0.05) is 29.4 Å². The Morgan fingerprint density at radius 2 is 2.04 bits per heavy atom. The largest absolute Gasteiger partial charge is 0.298 e. The van der Waals surface area contributed by atoms with Gasteiger partial charge in [-0.05, 0) is 55.5 Å². The Morgan fingerprint density at radius 1 is 1.28 bits per heavy atom. The molecule has 2 aromatic heterocycles. The van der Waals surface area contributed by atoms with E-state index in [-0.39, 0.29) is 11.0 Å². The number of halogens is 1. The minimum absolute atomic E-state index is 0.0738. The van der Waals surface area contributed by atoms with Crippen molar-refractivity contribution in [2.24, 2.45) is 0 Å². The maximum absolute atomic E-state index is 12.7. The quantitative estimate of drug-likeness (QED) is 0.420. The maximum Gasteiger partial charge on any atom is 0.192 e. The number of benzene rings is 1. The van der Waals surface area contributed by atoms with E-state index in [2.05, 4.69) is 20.8 Å². The molecule has 4 nitrogen and oxygen atoms in total. The Kier molecular flexibility index (Phi) is 4.67. The minimum atomic E-state index is -0.237. The van der Waals surface area contributed by atoms with Gasteiger partial charge >= 0.3 is 0 Å². The van der Waals surface area contributed by atoms with Gasteiger partial charge in [0.15, 0.2) is 16.8 Å². The molecule has 128 valence electrons. The van der Waals surface area contributed by atoms with Crippen molar-refractivity contribution < 1.29 is 4.79 Å². The molecule has 1 aliphatic carbocycles. The molecule has 2 heterocycles. The number of hydrogen-bond donors (Lipinski definition) is 0. The molecule has 0 bridgehead atoms. The molecule has 0 radical (unpaired) electrons. The number of carbonyl (C=O) groups is 1. The van der Waals surface area contributed by atoms with Crippen LogP contribution >= 0.6 is 34.7 Å². The summed E-state index contributed by atoms with van der Waals surface area (Å²) in [6, 6.07) is 11.6. The zero-order valence-corrected chi connectivity index (χ0v) is 15.9. The van der Waals surface area contributed by atoms with Crippen molar-refractivity contribution in [3.8, 4) is 10.7 Å². The molecule has 0 amide bonds. The van der Waals surface area contributed by atoms with E-state index >= 15 is 0 Å². The van der Waals surface area contributed by atoms with E-state index in [4.69, 9.17) is 11.6 Å². The third kappa shape index (κ3) is 3.52. The fourth-order valence-corrected chi connectivity index (χ4v) is 4.48.